The molecule has 4 aromatic carbocycles. The first kappa shape index (κ1) is 20.7. The molecule has 1 heterocycles. The van der Waals surface area contributed by atoms with Crippen LogP contribution in [-0.4, -0.2) is 16.3 Å². The van der Waals surface area contributed by atoms with E-state index in [-0.39, 0.29) is 5.92 Å². The SMILES string of the molecule is O=Cc1ccc(C(c2cnc[nH]2)C(c2ccccc2)(c2ccccc2)c2ccccc2)cc1. The highest BCUT2D eigenvalue weighted by Gasteiger charge is 2.45. The summed E-state index contributed by atoms with van der Waals surface area (Å²) in [7, 11) is 0. The molecule has 5 aromatic rings. The van der Waals surface area contributed by atoms with Crippen LogP contribution in [0.15, 0.2) is 128 Å². The molecule has 0 saturated heterocycles. The van der Waals surface area contributed by atoms with Gasteiger partial charge in [-0.1, -0.05) is 115 Å². The van der Waals surface area contributed by atoms with E-state index in [9.17, 15) is 4.79 Å². The lowest BCUT2D eigenvalue weighted by Gasteiger charge is -2.43. The van der Waals surface area contributed by atoms with Crippen molar-refractivity contribution in [3.8, 4) is 0 Å². The number of aldehydes is 1. The third-order valence-corrected chi connectivity index (χ3v) is 6.36. The second-order valence-corrected chi connectivity index (χ2v) is 8.13. The maximum atomic E-state index is 11.4. The smallest absolute Gasteiger partial charge is 0.150 e. The largest absolute Gasteiger partial charge is 0.348 e. The summed E-state index contributed by atoms with van der Waals surface area (Å²) in [5.74, 6) is -0.118. The molecular weight excluding hydrogens is 404 g/mol. The topological polar surface area (TPSA) is 45.8 Å². The number of benzene rings is 4. The Labute approximate surface area is 193 Å². The van der Waals surface area contributed by atoms with E-state index in [1.54, 1.807) is 6.33 Å². The molecular formula is C30H24N2O. The average Bonchev–Trinajstić information content (AvgIpc) is 3.43. The molecule has 0 aliphatic rings. The number of H-pyrrole nitrogens is 1. The summed E-state index contributed by atoms with van der Waals surface area (Å²) in [4.78, 5) is 19.1. The van der Waals surface area contributed by atoms with Crippen molar-refractivity contribution in [2.45, 2.75) is 11.3 Å². The van der Waals surface area contributed by atoms with Crippen molar-refractivity contribution in [3.63, 3.8) is 0 Å². The monoisotopic (exact) mass is 428 g/mol. The maximum absolute atomic E-state index is 11.4. The second kappa shape index (κ2) is 9.09. The summed E-state index contributed by atoms with van der Waals surface area (Å²) in [5.41, 5.74) is 5.77. The van der Waals surface area contributed by atoms with Crippen molar-refractivity contribution in [1.82, 2.24) is 9.97 Å². The van der Waals surface area contributed by atoms with E-state index in [1.165, 1.54) is 16.7 Å². The van der Waals surface area contributed by atoms with Crippen molar-refractivity contribution >= 4 is 6.29 Å². The van der Waals surface area contributed by atoms with Crippen LogP contribution in [0.2, 0.25) is 0 Å². The van der Waals surface area contributed by atoms with Gasteiger partial charge in [-0.25, -0.2) is 4.98 Å². The number of carbonyl (C=O) groups excluding carboxylic acids is 1. The van der Waals surface area contributed by atoms with Gasteiger partial charge in [0, 0.05) is 23.4 Å². The molecule has 0 amide bonds. The molecule has 0 aliphatic heterocycles. The summed E-state index contributed by atoms with van der Waals surface area (Å²) in [5, 5.41) is 0. The lowest BCUT2D eigenvalue weighted by atomic mass is 9.59. The average molecular weight is 429 g/mol. The zero-order valence-corrected chi connectivity index (χ0v) is 18.1. The van der Waals surface area contributed by atoms with E-state index < -0.39 is 5.41 Å². The summed E-state index contributed by atoms with van der Waals surface area (Å²) < 4.78 is 0. The van der Waals surface area contributed by atoms with Crippen LogP contribution in [0.1, 0.15) is 44.2 Å². The van der Waals surface area contributed by atoms with Crippen LogP contribution in [0.3, 0.4) is 0 Å². The number of hydrogen-bond acceptors (Lipinski definition) is 2. The first-order valence-electron chi connectivity index (χ1n) is 11.0. The van der Waals surface area contributed by atoms with Gasteiger partial charge in [0.05, 0.1) is 11.7 Å². The second-order valence-electron chi connectivity index (χ2n) is 8.13. The third-order valence-electron chi connectivity index (χ3n) is 6.36. The van der Waals surface area contributed by atoms with Gasteiger partial charge in [-0.2, -0.15) is 0 Å². The van der Waals surface area contributed by atoms with E-state index in [0.717, 1.165) is 17.5 Å². The van der Waals surface area contributed by atoms with Gasteiger partial charge in [0.2, 0.25) is 0 Å². The molecule has 1 aromatic heterocycles. The third kappa shape index (κ3) is 3.68. The first-order valence-corrected chi connectivity index (χ1v) is 11.0. The molecule has 3 heteroatoms. The van der Waals surface area contributed by atoms with E-state index in [1.807, 2.05) is 36.5 Å². The fraction of sp³-hybridized carbons (Fsp3) is 0.0667. The molecule has 33 heavy (non-hydrogen) atoms. The number of carbonyl (C=O) groups is 1. The molecule has 0 fully saturated rings. The Bertz CT molecular complexity index is 1200. The molecule has 0 radical (unpaired) electrons. The molecule has 5 rings (SSSR count). The molecule has 0 spiro atoms. The van der Waals surface area contributed by atoms with Crippen molar-refractivity contribution in [3.05, 3.63) is 161 Å². The summed E-state index contributed by atoms with van der Waals surface area (Å²) in [6, 6.07) is 39.8. The zero-order valence-electron chi connectivity index (χ0n) is 18.1. The van der Waals surface area contributed by atoms with Crippen LogP contribution in [0.25, 0.3) is 0 Å². The molecule has 0 aliphatic carbocycles. The van der Waals surface area contributed by atoms with Gasteiger partial charge in [-0.15, -0.1) is 0 Å². The Morgan fingerprint density at radius 2 is 1.15 bits per heavy atom. The Morgan fingerprint density at radius 1 is 0.667 bits per heavy atom. The Morgan fingerprint density at radius 3 is 1.55 bits per heavy atom. The minimum atomic E-state index is -0.543. The van der Waals surface area contributed by atoms with E-state index >= 15 is 0 Å². The normalized spacial score (nSPS) is 12.2. The number of hydrogen-bond donors (Lipinski definition) is 1. The molecule has 0 saturated carbocycles. The molecule has 1 unspecified atom stereocenters. The zero-order chi connectivity index (χ0) is 22.5. The van der Waals surface area contributed by atoms with Crippen LogP contribution >= 0.6 is 0 Å². The summed E-state index contributed by atoms with van der Waals surface area (Å²) >= 11 is 0. The number of nitrogens with zero attached hydrogens (tertiary/aromatic N) is 1. The van der Waals surface area contributed by atoms with Crippen LogP contribution in [-0.2, 0) is 5.41 Å². The van der Waals surface area contributed by atoms with Crippen molar-refractivity contribution in [2.75, 3.05) is 0 Å². The van der Waals surface area contributed by atoms with Crippen LogP contribution in [0, 0.1) is 0 Å². The number of nitrogens with one attached hydrogen (secondary N) is 1. The maximum Gasteiger partial charge on any atom is 0.150 e. The quantitative estimate of drug-likeness (QED) is 0.241. The van der Waals surface area contributed by atoms with Gasteiger partial charge in [-0.3, -0.25) is 4.79 Å². The standard InChI is InChI=1S/C30H24N2O/c33-21-23-16-18-24(19-17-23)29(28-20-31-22-32-28)30(25-10-4-1-5-11-25,26-12-6-2-7-13-26)27-14-8-3-9-15-27/h1-22,29H,(H,31,32). The summed E-state index contributed by atoms with van der Waals surface area (Å²) in [6.45, 7) is 0. The molecule has 160 valence electrons. The van der Waals surface area contributed by atoms with Gasteiger partial charge in [-0.05, 0) is 22.3 Å². The van der Waals surface area contributed by atoms with Crippen molar-refractivity contribution in [1.29, 1.82) is 0 Å². The highest BCUT2D eigenvalue weighted by molar-refractivity contribution is 5.74. The molecule has 1 atom stereocenters. The minimum absolute atomic E-state index is 0.118. The highest BCUT2D eigenvalue weighted by Crippen LogP contribution is 2.52. The number of aromatic nitrogens is 2. The van der Waals surface area contributed by atoms with Gasteiger partial charge in [0.25, 0.3) is 0 Å². The number of imidazole rings is 1. The molecule has 0 bridgehead atoms. The fourth-order valence-corrected chi connectivity index (χ4v) is 4.96. The number of rotatable bonds is 7. The van der Waals surface area contributed by atoms with Crippen LogP contribution in [0.5, 0.6) is 0 Å². The van der Waals surface area contributed by atoms with Crippen LogP contribution in [0.4, 0.5) is 0 Å². The summed E-state index contributed by atoms with van der Waals surface area (Å²) in [6.07, 6.45) is 4.52. The van der Waals surface area contributed by atoms with Gasteiger partial charge in [0.15, 0.2) is 0 Å². The predicted octanol–water partition coefficient (Wildman–Crippen LogP) is 6.39. The Balaban J connectivity index is 1.91. The van der Waals surface area contributed by atoms with E-state index in [4.69, 9.17) is 0 Å². The van der Waals surface area contributed by atoms with E-state index in [2.05, 4.69) is 94.9 Å². The predicted molar refractivity (Wildman–Crippen MR) is 131 cm³/mol. The molecule has 3 nitrogen and oxygen atoms in total. The minimum Gasteiger partial charge on any atom is -0.348 e. The Hall–Kier alpha value is -4.24. The van der Waals surface area contributed by atoms with Crippen molar-refractivity contribution in [2.24, 2.45) is 0 Å². The van der Waals surface area contributed by atoms with Gasteiger partial charge >= 0.3 is 0 Å². The van der Waals surface area contributed by atoms with Gasteiger partial charge in [0.1, 0.15) is 6.29 Å². The lowest BCUT2D eigenvalue weighted by Crippen LogP contribution is -2.37. The van der Waals surface area contributed by atoms with Gasteiger partial charge < -0.3 is 4.98 Å². The van der Waals surface area contributed by atoms with Crippen molar-refractivity contribution < 1.29 is 4.79 Å². The number of aromatic amines is 1. The first-order chi connectivity index (χ1) is 16.3. The molecule has 1 N–H and O–H groups in total. The Kier molecular flexibility index (Phi) is 5.69. The van der Waals surface area contributed by atoms with E-state index in [0.29, 0.717) is 5.56 Å². The fourth-order valence-electron chi connectivity index (χ4n) is 4.96. The highest BCUT2D eigenvalue weighted by atomic mass is 16.1. The van der Waals surface area contributed by atoms with Crippen LogP contribution < -0.4 is 0 Å². The lowest BCUT2D eigenvalue weighted by molar-refractivity contribution is 0.112.